The lowest BCUT2D eigenvalue weighted by atomic mass is 9.86. The first-order valence-electron chi connectivity index (χ1n) is 5.26. The lowest BCUT2D eigenvalue weighted by Crippen LogP contribution is -2.33. The van der Waals surface area contributed by atoms with Gasteiger partial charge in [0.1, 0.15) is 5.82 Å². The predicted molar refractivity (Wildman–Crippen MR) is 60.1 cm³/mol. The third-order valence-electron chi connectivity index (χ3n) is 3.16. The molecule has 0 fully saturated rings. The van der Waals surface area contributed by atoms with Crippen LogP contribution in [0.3, 0.4) is 0 Å². The molecule has 0 saturated heterocycles. The molecule has 0 unspecified atom stereocenters. The molecule has 80 valence electrons. The number of nitrogens with zero attached hydrogens (tertiary/aromatic N) is 2. The van der Waals surface area contributed by atoms with Crippen LogP contribution in [0.2, 0.25) is 0 Å². The van der Waals surface area contributed by atoms with Gasteiger partial charge in [-0.3, -0.25) is 9.69 Å². The summed E-state index contributed by atoms with van der Waals surface area (Å²) in [7, 11) is 1.79. The van der Waals surface area contributed by atoms with Crippen LogP contribution in [-0.2, 0) is 16.6 Å². The van der Waals surface area contributed by atoms with E-state index in [-0.39, 0.29) is 5.91 Å². The standard InChI is InChI=1S/C12H16N2O/c1-5-8-6-9-10(13-7-8)14(4)11(15)12(9,2)3/h6-7H,5H2,1-4H3. The molecule has 0 spiro atoms. The van der Waals surface area contributed by atoms with Gasteiger partial charge in [0.15, 0.2) is 0 Å². The Kier molecular flexibility index (Phi) is 2.07. The molecule has 1 aromatic heterocycles. The Morgan fingerprint density at radius 1 is 1.47 bits per heavy atom. The molecule has 15 heavy (non-hydrogen) atoms. The van der Waals surface area contributed by atoms with E-state index in [1.54, 1.807) is 11.9 Å². The van der Waals surface area contributed by atoms with Crippen molar-refractivity contribution < 1.29 is 4.79 Å². The molecule has 1 aromatic rings. The van der Waals surface area contributed by atoms with E-state index in [0.29, 0.717) is 0 Å². The quantitative estimate of drug-likeness (QED) is 0.700. The number of amides is 1. The fourth-order valence-electron chi connectivity index (χ4n) is 2.05. The number of hydrogen-bond acceptors (Lipinski definition) is 2. The highest BCUT2D eigenvalue weighted by molar-refractivity contribution is 6.06. The maximum absolute atomic E-state index is 12.0. The van der Waals surface area contributed by atoms with Crippen molar-refractivity contribution in [2.45, 2.75) is 32.6 Å². The van der Waals surface area contributed by atoms with Gasteiger partial charge in [-0.15, -0.1) is 0 Å². The Labute approximate surface area is 90.1 Å². The van der Waals surface area contributed by atoms with Gasteiger partial charge in [0.2, 0.25) is 5.91 Å². The van der Waals surface area contributed by atoms with E-state index in [1.807, 2.05) is 20.0 Å². The van der Waals surface area contributed by atoms with Gasteiger partial charge in [-0.25, -0.2) is 4.98 Å². The Morgan fingerprint density at radius 3 is 2.73 bits per heavy atom. The minimum absolute atomic E-state index is 0.123. The van der Waals surface area contributed by atoms with Crippen molar-refractivity contribution >= 4 is 11.7 Å². The summed E-state index contributed by atoms with van der Waals surface area (Å²) in [4.78, 5) is 18.0. The smallest absolute Gasteiger partial charge is 0.238 e. The van der Waals surface area contributed by atoms with Crippen molar-refractivity contribution in [1.82, 2.24) is 4.98 Å². The zero-order valence-corrected chi connectivity index (χ0v) is 9.66. The Hall–Kier alpha value is -1.38. The minimum Gasteiger partial charge on any atom is -0.299 e. The molecule has 0 N–H and O–H groups in total. The maximum Gasteiger partial charge on any atom is 0.238 e. The zero-order valence-electron chi connectivity index (χ0n) is 9.66. The lowest BCUT2D eigenvalue weighted by Gasteiger charge is -2.16. The Bertz CT molecular complexity index is 424. The minimum atomic E-state index is -0.428. The number of rotatable bonds is 1. The number of aromatic nitrogens is 1. The van der Waals surface area contributed by atoms with Gasteiger partial charge < -0.3 is 0 Å². The van der Waals surface area contributed by atoms with E-state index in [1.165, 1.54) is 5.56 Å². The summed E-state index contributed by atoms with van der Waals surface area (Å²) >= 11 is 0. The van der Waals surface area contributed by atoms with E-state index >= 15 is 0 Å². The molecule has 1 aliphatic heterocycles. The second-order valence-electron chi connectivity index (χ2n) is 4.56. The molecule has 3 nitrogen and oxygen atoms in total. The van der Waals surface area contributed by atoms with Crippen molar-refractivity contribution in [3.05, 3.63) is 23.4 Å². The molecule has 3 heteroatoms. The van der Waals surface area contributed by atoms with Crippen molar-refractivity contribution in [3.63, 3.8) is 0 Å². The molecule has 0 bridgehead atoms. The third kappa shape index (κ3) is 1.26. The highest BCUT2D eigenvalue weighted by atomic mass is 16.2. The number of pyridine rings is 1. The van der Waals surface area contributed by atoms with E-state index in [4.69, 9.17) is 0 Å². The van der Waals surface area contributed by atoms with Crippen LogP contribution in [0.5, 0.6) is 0 Å². The van der Waals surface area contributed by atoms with Crippen molar-refractivity contribution in [2.75, 3.05) is 11.9 Å². The van der Waals surface area contributed by atoms with Crippen LogP contribution >= 0.6 is 0 Å². The highest BCUT2D eigenvalue weighted by Crippen LogP contribution is 2.39. The molecule has 0 saturated carbocycles. The zero-order chi connectivity index (χ0) is 11.2. The van der Waals surface area contributed by atoms with Crippen LogP contribution < -0.4 is 4.90 Å². The number of anilines is 1. The molecule has 0 radical (unpaired) electrons. The van der Waals surface area contributed by atoms with Gasteiger partial charge in [-0.1, -0.05) is 6.92 Å². The third-order valence-corrected chi connectivity index (χ3v) is 3.16. The summed E-state index contributed by atoms with van der Waals surface area (Å²) in [5.41, 5.74) is 1.81. The number of fused-ring (bicyclic) bond motifs is 1. The van der Waals surface area contributed by atoms with Gasteiger partial charge in [0, 0.05) is 18.8 Å². The fraction of sp³-hybridized carbons (Fsp3) is 0.500. The largest absolute Gasteiger partial charge is 0.299 e. The van der Waals surface area contributed by atoms with Gasteiger partial charge in [-0.05, 0) is 31.9 Å². The van der Waals surface area contributed by atoms with Gasteiger partial charge in [0.05, 0.1) is 5.41 Å². The normalized spacial score (nSPS) is 18.1. The van der Waals surface area contributed by atoms with Crippen LogP contribution in [0.4, 0.5) is 5.82 Å². The summed E-state index contributed by atoms with van der Waals surface area (Å²) in [5, 5.41) is 0. The summed E-state index contributed by atoms with van der Waals surface area (Å²) in [6.45, 7) is 6.01. The highest BCUT2D eigenvalue weighted by Gasteiger charge is 2.43. The van der Waals surface area contributed by atoms with Crippen LogP contribution in [0, 0.1) is 0 Å². The lowest BCUT2D eigenvalue weighted by molar-refractivity contribution is -0.121. The van der Waals surface area contributed by atoms with Gasteiger partial charge in [0.25, 0.3) is 0 Å². The first kappa shape index (κ1) is 10.1. The van der Waals surface area contributed by atoms with E-state index in [9.17, 15) is 4.79 Å². The molecule has 2 rings (SSSR count). The topological polar surface area (TPSA) is 33.2 Å². The monoisotopic (exact) mass is 204 g/mol. The Morgan fingerprint density at radius 2 is 2.13 bits per heavy atom. The molecule has 1 aliphatic rings. The fourth-order valence-corrected chi connectivity index (χ4v) is 2.05. The molecule has 0 aliphatic carbocycles. The molecular weight excluding hydrogens is 188 g/mol. The second-order valence-corrected chi connectivity index (χ2v) is 4.56. The number of carbonyl (C=O) groups is 1. The van der Waals surface area contributed by atoms with Crippen LogP contribution in [0.15, 0.2) is 12.3 Å². The molecule has 1 amide bonds. The van der Waals surface area contributed by atoms with Gasteiger partial charge in [-0.2, -0.15) is 0 Å². The van der Waals surface area contributed by atoms with E-state index in [2.05, 4.69) is 18.0 Å². The number of likely N-dealkylation sites (N-methyl/N-ethyl adjacent to an activating group) is 1. The summed E-state index contributed by atoms with van der Waals surface area (Å²) < 4.78 is 0. The molecule has 2 heterocycles. The van der Waals surface area contributed by atoms with Gasteiger partial charge >= 0.3 is 0 Å². The number of carbonyl (C=O) groups excluding carboxylic acids is 1. The van der Waals surface area contributed by atoms with Crippen molar-refractivity contribution in [1.29, 1.82) is 0 Å². The first-order valence-corrected chi connectivity index (χ1v) is 5.26. The number of aryl methyl sites for hydroxylation is 1. The molecule has 0 aromatic carbocycles. The summed E-state index contributed by atoms with van der Waals surface area (Å²) in [5.74, 6) is 0.931. The van der Waals surface area contributed by atoms with Crippen LogP contribution in [0.25, 0.3) is 0 Å². The van der Waals surface area contributed by atoms with Crippen LogP contribution in [0.1, 0.15) is 31.9 Å². The summed E-state index contributed by atoms with van der Waals surface area (Å²) in [6.07, 6.45) is 2.80. The SMILES string of the molecule is CCc1cnc2c(c1)C(C)(C)C(=O)N2C. The van der Waals surface area contributed by atoms with E-state index < -0.39 is 5.41 Å². The van der Waals surface area contributed by atoms with Crippen molar-refractivity contribution in [2.24, 2.45) is 0 Å². The van der Waals surface area contributed by atoms with Crippen LogP contribution in [-0.4, -0.2) is 17.9 Å². The molecular formula is C12H16N2O. The Balaban J connectivity index is 2.62. The summed E-state index contributed by atoms with van der Waals surface area (Å²) in [6, 6.07) is 2.10. The number of hydrogen-bond donors (Lipinski definition) is 0. The maximum atomic E-state index is 12.0. The van der Waals surface area contributed by atoms with E-state index in [0.717, 1.165) is 17.8 Å². The second kappa shape index (κ2) is 3.05. The van der Waals surface area contributed by atoms with Crippen molar-refractivity contribution in [3.8, 4) is 0 Å². The average Bonchev–Trinajstić information content (AvgIpc) is 2.40. The first-order chi connectivity index (χ1) is 6.98. The average molecular weight is 204 g/mol. The predicted octanol–water partition coefficient (Wildman–Crippen LogP) is 1.90. The molecule has 0 atom stereocenters.